The fraction of sp³-hybridized carbons (Fsp3) is 0.481. The Morgan fingerprint density at radius 3 is 2.25 bits per heavy atom. The van der Waals surface area contributed by atoms with Crippen molar-refractivity contribution in [2.24, 2.45) is 0 Å². The van der Waals surface area contributed by atoms with Gasteiger partial charge in [-0.3, -0.25) is 13.9 Å². The molecule has 2 amide bonds. The topological polar surface area (TPSA) is 96.0 Å². The molecule has 0 fully saturated rings. The molecule has 36 heavy (non-hydrogen) atoms. The van der Waals surface area contributed by atoms with Gasteiger partial charge in [-0.25, -0.2) is 8.42 Å². The molecule has 2 aromatic rings. The molecule has 0 spiro atoms. The summed E-state index contributed by atoms with van der Waals surface area (Å²) in [6.07, 6.45) is 4.07. The number of hydrogen-bond donors (Lipinski definition) is 1. The molecule has 198 valence electrons. The summed E-state index contributed by atoms with van der Waals surface area (Å²) in [4.78, 5) is 27.6. The number of methoxy groups -OCH3 is 1. The van der Waals surface area contributed by atoms with Gasteiger partial charge in [0.1, 0.15) is 11.8 Å². The maximum Gasteiger partial charge on any atom is 0.242 e. The molecule has 0 radical (unpaired) electrons. The molecule has 0 aliphatic carbocycles. The predicted molar refractivity (Wildman–Crippen MR) is 144 cm³/mol. The summed E-state index contributed by atoms with van der Waals surface area (Å²) in [6.45, 7) is 4.92. The zero-order chi connectivity index (χ0) is 26.6. The summed E-state index contributed by atoms with van der Waals surface area (Å²) in [5.74, 6) is 0.274. The van der Waals surface area contributed by atoms with Gasteiger partial charge < -0.3 is 15.0 Å². The Morgan fingerprint density at radius 2 is 1.67 bits per heavy atom. The first kappa shape index (κ1) is 29.2. The van der Waals surface area contributed by atoms with Crippen LogP contribution in [0.15, 0.2) is 54.6 Å². The van der Waals surface area contributed by atoms with Gasteiger partial charge in [0.15, 0.2) is 0 Å². The number of carbonyl (C=O) groups excluding carboxylic acids is 2. The SMILES string of the molecule is CCCCNC(=O)C(C)N(CCc1ccccc1)C(=O)CCCN(c1ccc(OC)cc1)S(C)(=O)=O. The smallest absolute Gasteiger partial charge is 0.242 e. The highest BCUT2D eigenvalue weighted by Crippen LogP contribution is 2.22. The standard InChI is InChI=1S/C27H39N3O5S/c1-5-6-19-28-27(32)22(2)29(21-18-23-11-8-7-9-12-23)26(31)13-10-20-30(36(4,33)34)24-14-16-25(35-3)17-15-24/h7-9,11-12,14-17,22H,5-6,10,13,18-21H2,1-4H3,(H,28,32). The minimum Gasteiger partial charge on any atom is -0.497 e. The average molecular weight is 518 g/mol. The highest BCUT2D eigenvalue weighted by molar-refractivity contribution is 7.92. The van der Waals surface area contributed by atoms with E-state index in [-0.39, 0.29) is 24.8 Å². The number of rotatable bonds is 15. The van der Waals surface area contributed by atoms with Crippen LogP contribution < -0.4 is 14.4 Å². The van der Waals surface area contributed by atoms with Crippen LogP contribution in [0, 0.1) is 0 Å². The molecular formula is C27H39N3O5S. The Hall–Kier alpha value is -3.07. The molecule has 9 heteroatoms. The van der Waals surface area contributed by atoms with Crippen LogP contribution in [0.2, 0.25) is 0 Å². The van der Waals surface area contributed by atoms with Gasteiger partial charge in [0.05, 0.1) is 19.1 Å². The third-order valence-electron chi connectivity index (χ3n) is 5.99. The van der Waals surface area contributed by atoms with Gasteiger partial charge >= 0.3 is 0 Å². The van der Waals surface area contributed by atoms with Crippen LogP contribution in [0.5, 0.6) is 5.75 Å². The number of unbranched alkanes of at least 4 members (excludes halogenated alkanes) is 1. The number of nitrogens with one attached hydrogen (secondary N) is 1. The first-order valence-electron chi connectivity index (χ1n) is 12.4. The largest absolute Gasteiger partial charge is 0.497 e. The van der Waals surface area contributed by atoms with E-state index in [2.05, 4.69) is 12.2 Å². The van der Waals surface area contributed by atoms with Crippen molar-refractivity contribution in [3.05, 3.63) is 60.2 Å². The number of nitrogens with zero attached hydrogens (tertiary/aromatic N) is 2. The molecule has 0 heterocycles. The van der Waals surface area contributed by atoms with Gasteiger partial charge in [0.25, 0.3) is 0 Å². The fourth-order valence-corrected chi connectivity index (χ4v) is 4.82. The molecule has 1 N–H and O–H groups in total. The third-order valence-corrected chi connectivity index (χ3v) is 7.19. The normalized spacial score (nSPS) is 12.0. The van der Waals surface area contributed by atoms with Gasteiger partial charge in [0.2, 0.25) is 21.8 Å². The molecule has 1 unspecified atom stereocenters. The van der Waals surface area contributed by atoms with Gasteiger partial charge in [-0.2, -0.15) is 0 Å². The van der Waals surface area contributed by atoms with Crippen molar-refractivity contribution in [2.75, 3.05) is 37.3 Å². The van der Waals surface area contributed by atoms with Gasteiger partial charge in [-0.1, -0.05) is 43.7 Å². The molecule has 1 atom stereocenters. The van der Waals surface area contributed by atoms with Crippen LogP contribution in [0.1, 0.15) is 45.1 Å². The maximum absolute atomic E-state index is 13.3. The van der Waals surface area contributed by atoms with Crippen molar-refractivity contribution in [1.29, 1.82) is 0 Å². The van der Waals surface area contributed by atoms with Gasteiger partial charge in [-0.05, 0) is 56.0 Å². The molecule has 0 bridgehead atoms. The lowest BCUT2D eigenvalue weighted by Gasteiger charge is -2.29. The molecule has 8 nitrogen and oxygen atoms in total. The van der Waals surface area contributed by atoms with Crippen molar-refractivity contribution >= 4 is 27.5 Å². The number of benzene rings is 2. The molecule has 0 aliphatic rings. The molecule has 0 saturated carbocycles. The van der Waals surface area contributed by atoms with E-state index in [1.165, 1.54) is 4.31 Å². The summed E-state index contributed by atoms with van der Waals surface area (Å²) >= 11 is 0. The van der Waals surface area contributed by atoms with E-state index < -0.39 is 16.1 Å². The highest BCUT2D eigenvalue weighted by atomic mass is 32.2. The van der Waals surface area contributed by atoms with E-state index in [4.69, 9.17) is 4.74 Å². The Bertz CT molecular complexity index is 1060. The van der Waals surface area contributed by atoms with Crippen molar-refractivity contribution in [1.82, 2.24) is 10.2 Å². The first-order valence-corrected chi connectivity index (χ1v) is 14.2. The van der Waals surface area contributed by atoms with Crippen molar-refractivity contribution in [3.63, 3.8) is 0 Å². The van der Waals surface area contributed by atoms with Crippen molar-refractivity contribution < 1.29 is 22.7 Å². The van der Waals surface area contributed by atoms with E-state index in [1.54, 1.807) is 43.2 Å². The summed E-state index contributed by atoms with van der Waals surface area (Å²) in [7, 11) is -2.00. The molecule has 0 aliphatic heterocycles. The van der Waals surface area contributed by atoms with E-state index in [0.717, 1.165) is 24.7 Å². The number of amides is 2. The molecule has 0 aromatic heterocycles. The van der Waals surface area contributed by atoms with Crippen LogP contribution in [0.25, 0.3) is 0 Å². The number of carbonyl (C=O) groups is 2. The van der Waals surface area contributed by atoms with E-state index in [9.17, 15) is 18.0 Å². The Labute approximate surface area is 215 Å². The van der Waals surface area contributed by atoms with Crippen LogP contribution in [0.4, 0.5) is 5.69 Å². The number of anilines is 1. The fourth-order valence-electron chi connectivity index (χ4n) is 3.86. The first-order chi connectivity index (χ1) is 17.2. The molecule has 2 rings (SSSR count). The van der Waals surface area contributed by atoms with Gasteiger partial charge in [0, 0.05) is 26.1 Å². The summed E-state index contributed by atoms with van der Waals surface area (Å²) in [5.41, 5.74) is 1.59. The lowest BCUT2D eigenvalue weighted by molar-refractivity contribution is -0.139. The summed E-state index contributed by atoms with van der Waals surface area (Å²) < 4.78 is 31.3. The van der Waals surface area contributed by atoms with Crippen molar-refractivity contribution in [2.45, 2.75) is 52.0 Å². The van der Waals surface area contributed by atoms with Gasteiger partial charge in [-0.15, -0.1) is 0 Å². The third kappa shape index (κ3) is 9.18. The second kappa shape index (κ2) is 14.5. The summed E-state index contributed by atoms with van der Waals surface area (Å²) in [5, 5.41) is 2.91. The number of sulfonamides is 1. The predicted octanol–water partition coefficient (Wildman–Crippen LogP) is 3.62. The average Bonchev–Trinajstić information content (AvgIpc) is 2.86. The summed E-state index contributed by atoms with van der Waals surface area (Å²) in [6, 6.07) is 15.9. The lowest BCUT2D eigenvalue weighted by atomic mass is 10.1. The second-order valence-corrected chi connectivity index (χ2v) is 10.7. The van der Waals surface area contributed by atoms with E-state index in [1.807, 2.05) is 30.3 Å². The quantitative estimate of drug-likeness (QED) is 0.364. The van der Waals surface area contributed by atoms with E-state index in [0.29, 0.717) is 37.4 Å². The molecular weight excluding hydrogens is 478 g/mol. The zero-order valence-corrected chi connectivity index (χ0v) is 22.6. The number of hydrogen-bond acceptors (Lipinski definition) is 5. The number of ether oxygens (including phenoxy) is 1. The second-order valence-electron chi connectivity index (χ2n) is 8.78. The van der Waals surface area contributed by atoms with Crippen molar-refractivity contribution in [3.8, 4) is 5.75 Å². The monoisotopic (exact) mass is 517 g/mol. The highest BCUT2D eigenvalue weighted by Gasteiger charge is 2.26. The molecule has 0 saturated heterocycles. The lowest BCUT2D eigenvalue weighted by Crippen LogP contribution is -2.49. The Morgan fingerprint density at radius 1 is 1.00 bits per heavy atom. The Kier molecular flexibility index (Phi) is 11.7. The molecule has 2 aromatic carbocycles. The maximum atomic E-state index is 13.3. The van der Waals surface area contributed by atoms with Crippen LogP contribution >= 0.6 is 0 Å². The zero-order valence-electron chi connectivity index (χ0n) is 21.8. The van der Waals surface area contributed by atoms with Crippen LogP contribution in [-0.2, 0) is 26.0 Å². The minimum atomic E-state index is -3.54. The Balaban J connectivity index is 2.08. The van der Waals surface area contributed by atoms with E-state index >= 15 is 0 Å². The minimum absolute atomic E-state index is 0.129. The van der Waals surface area contributed by atoms with Crippen LogP contribution in [-0.4, -0.2) is 64.2 Å². The van der Waals surface area contributed by atoms with Crippen LogP contribution in [0.3, 0.4) is 0 Å².